The highest BCUT2D eigenvalue weighted by Crippen LogP contribution is 2.30. The molecular formula is C19H20N4O. The van der Waals surface area contributed by atoms with E-state index in [1.165, 1.54) is 5.56 Å². The normalized spacial score (nSPS) is 12.1. The molecule has 0 unspecified atom stereocenters. The molecule has 5 heteroatoms. The molecule has 2 aromatic carbocycles. The average Bonchev–Trinajstić information content (AvgIpc) is 2.89. The van der Waals surface area contributed by atoms with Crippen molar-refractivity contribution in [3.63, 3.8) is 0 Å². The van der Waals surface area contributed by atoms with Crippen molar-refractivity contribution >= 4 is 28.3 Å². The van der Waals surface area contributed by atoms with E-state index in [0.717, 1.165) is 10.8 Å². The van der Waals surface area contributed by atoms with Crippen LogP contribution in [0.25, 0.3) is 10.8 Å². The summed E-state index contributed by atoms with van der Waals surface area (Å²) in [6, 6.07) is 15.0. The fraction of sp³-hybridized carbons (Fsp3) is 0.211. The number of aromatic amines is 1. The quantitative estimate of drug-likeness (QED) is 0.653. The van der Waals surface area contributed by atoms with E-state index in [0.29, 0.717) is 17.2 Å². The van der Waals surface area contributed by atoms with Crippen LogP contribution in [0.2, 0.25) is 0 Å². The number of benzene rings is 2. The van der Waals surface area contributed by atoms with Crippen molar-refractivity contribution in [2.75, 3.05) is 5.73 Å². The molecule has 24 heavy (non-hydrogen) atoms. The van der Waals surface area contributed by atoms with Crippen LogP contribution in [0.15, 0.2) is 58.8 Å². The third-order valence-corrected chi connectivity index (χ3v) is 3.96. The Bertz CT molecular complexity index is 915. The largest absolute Gasteiger partial charge is 0.385 e. The number of hydrogen-bond donors (Lipinski definition) is 2. The van der Waals surface area contributed by atoms with Crippen LogP contribution in [-0.4, -0.2) is 10.9 Å². The van der Waals surface area contributed by atoms with Gasteiger partial charge in [-0.15, -0.1) is 10.2 Å². The van der Waals surface area contributed by atoms with Crippen LogP contribution in [0.1, 0.15) is 36.7 Å². The van der Waals surface area contributed by atoms with Gasteiger partial charge < -0.3 is 10.7 Å². The zero-order valence-corrected chi connectivity index (χ0v) is 14.0. The number of H-pyrrole nitrogens is 1. The standard InChI is InChI=1S/C19H20N4O/c1-19(2,3)13-10-8-12(9-11-13)18(24)23-22-17-15-7-5-4-6-14(15)16(20)21-17/h4-11,21H,20H2,1-3H3. The van der Waals surface area contributed by atoms with Crippen LogP contribution in [0.4, 0.5) is 11.6 Å². The molecule has 0 bridgehead atoms. The molecule has 3 N–H and O–H groups in total. The Morgan fingerprint density at radius 3 is 2.25 bits per heavy atom. The second-order valence-electron chi connectivity index (χ2n) is 6.77. The van der Waals surface area contributed by atoms with E-state index in [1.807, 2.05) is 36.4 Å². The van der Waals surface area contributed by atoms with E-state index in [-0.39, 0.29) is 11.3 Å². The number of nitrogens with one attached hydrogen (secondary N) is 1. The number of carbonyl (C=O) groups is 1. The molecule has 0 saturated carbocycles. The van der Waals surface area contributed by atoms with Gasteiger partial charge in [-0.3, -0.25) is 4.79 Å². The van der Waals surface area contributed by atoms with Gasteiger partial charge in [-0.1, -0.05) is 57.2 Å². The maximum absolute atomic E-state index is 12.2. The number of anilines is 1. The number of nitrogens with zero attached hydrogens (tertiary/aromatic N) is 2. The summed E-state index contributed by atoms with van der Waals surface area (Å²) in [5.41, 5.74) is 7.63. The van der Waals surface area contributed by atoms with E-state index in [9.17, 15) is 4.79 Å². The van der Waals surface area contributed by atoms with Crippen LogP contribution in [0, 0.1) is 0 Å². The molecule has 0 radical (unpaired) electrons. The molecule has 0 fully saturated rings. The van der Waals surface area contributed by atoms with Gasteiger partial charge in [0.25, 0.3) is 5.91 Å². The second kappa shape index (κ2) is 5.92. The summed E-state index contributed by atoms with van der Waals surface area (Å²) in [6.07, 6.45) is 0. The van der Waals surface area contributed by atoms with Gasteiger partial charge in [-0.05, 0) is 23.1 Å². The summed E-state index contributed by atoms with van der Waals surface area (Å²) in [5, 5.41) is 9.57. The van der Waals surface area contributed by atoms with E-state index in [1.54, 1.807) is 12.1 Å². The van der Waals surface area contributed by atoms with Crippen LogP contribution < -0.4 is 5.73 Å². The fourth-order valence-corrected chi connectivity index (χ4v) is 2.53. The molecule has 1 aromatic heterocycles. The minimum atomic E-state index is -0.382. The van der Waals surface area contributed by atoms with Gasteiger partial charge in [0, 0.05) is 16.3 Å². The van der Waals surface area contributed by atoms with Crippen LogP contribution in [-0.2, 0) is 5.41 Å². The first-order valence-corrected chi connectivity index (χ1v) is 7.79. The third-order valence-electron chi connectivity index (χ3n) is 3.96. The zero-order valence-electron chi connectivity index (χ0n) is 14.0. The zero-order chi connectivity index (χ0) is 17.3. The molecule has 0 atom stereocenters. The predicted molar refractivity (Wildman–Crippen MR) is 96.7 cm³/mol. The molecular weight excluding hydrogens is 300 g/mol. The molecule has 1 amide bonds. The van der Waals surface area contributed by atoms with Gasteiger partial charge in [0.1, 0.15) is 5.82 Å². The summed E-state index contributed by atoms with van der Waals surface area (Å²) in [5.74, 6) is 0.622. The average molecular weight is 320 g/mol. The number of nitrogens with two attached hydrogens (primary N) is 1. The first-order valence-electron chi connectivity index (χ1n) is 7.79. The number of azo groups is 1. The van der Waals surface area contributed by atoms with Crippen molar-refractivity contribution in [2.24, 2.45) is 10.2 Å². The third kappa shape index (κ3) is 3.06. The summed E-state index contributed by atoms with van der Waals surface area (Å²) in [6.45, 7) is 6.39. The molecule has 3 aromatic rings. The highest BCUT2D eigenvalue weighted by atomic mass is 16.1. The van der Waals surface area contributed by atoms with Gasteiger partial charge >= 0.3 is 0 Å². The Labute approximate surface area is 140 Å². The molecule has 0 aliphatic carbocycles. The Morgan fingerprint density at radius 2 is 1.62 bits per heavy atom. The van der Waals surface area contributed by atoms with Crippen molar-refractivity contribution in [1.82, 2.24) is 4.98 Å². The van der Waals surface area contributed by atoms with Crippen molar-refractivity contribution in [3.8, 4) is 0 Å². The monoisotopic (exact) mass is 320 g/mol. The maximum atomic E-state index is 12.2. The maximum Gasteiger partial charge on any atom is 0.295 e. The Hall–Kier alpha value is -2.95. The number of rotatable bonds is 2. The van der Waals surface area contributed by atoms with Crippen LogP contribution in [0.3, 0.4) is 0 Å². The molecule has 0 saturated heterocycles. The van der Waals surface area contributed by atoms with Gasteiger partial charge in [0.15, 0.2) is 5.82 Å². The lowest BCUT2D eigenvalue weighted by atomic mass is 9.87. The number of aromatic nitrogens is 1. The smallest absolute Gasteiger partial charge is 0.295 e. The Kier molecular flexibility index (Phi) is 3.93. The van der Waals surface area contributed by atoms with E-state index in [2.05, 4.69) is 36.0 Å². The van der Waals surface area contributed by atoms with E-state index >= 15 is 0 Å². The second-order valence-corrected chi connectivity index (χ2v) is 6.77. The number of amides is 1. The highest BCUT2D eigenvalue weighted by molar-refractivity contribution is 6.00. The van der Waals surface area contributed by atoms with Crippen molar-refractivity contribution in [2.45, 2.75) is 26.2 Å². The van der Waals surface area contributed by atoms with Gasteiger partial charge in [-0.25, -0.2) is 0 Å². The summed E-state index contributed by atoms with van der Waals surface area (Å²) in [7, 11) is 0. The van der Waals surface area contributed by atoms with E-state index in [4.69, 9.17) is 5.73 Å². The Morgan fingerprint density at radius 1 is 1.00 bits per heavy atom. The predicted octanol–water partition coefficient (Wildman–Crippen LogP) is 4.97. The number of fused-ring (bicyclic) bond motifs is 1. The SMILES string of the molecule is CC(C)(C)c1ccc(C(=O)N=Nc2[nH]c(N)c3ccccc23)cc1. The van der Waals surface area contributed by atoms with Crippen molar-refractivity contribution in [1.29, 1.82) is 0 Å². The van der Waals surface area contributed by atoms with Gasteiger partial charge in [0.05, 0.1) is 0 Å². The summed E-state index contributed by atoms with van der Waals surface area (Å²) >= 11 is 0. The Balaban J connectivity index is 1.85. The van der Waals surface area contributed by atoms with Gasteiger partial charge in [0.2, 0.25) is 0 Å². The number of carbonyl (C=O) groups excluding carboxylic acids is 1. The minimum absolute atomic E-state index is 0.0454. The fourth-order valence-electron chi connectivity index (χ4n) is 2.53. The summed E-state index contributed by atoms with van der Waals surface area (Å²) < 4.78 is 0. The molecule has 0 aliphatic heterocycles. The molecule has 5 nitrogen and oxygen atoms in total. The number of hydrogen-bond acceptors (Lipinski definition) is 3. The first-order chi connectivity index (χ1) is 11.4. The van der Waals surface area contributed by atoms with Crippen LogP contribution in [0.5, 0.6) is 0 Å². The van der Waals surface area contributed by atoms with Crippen molar-refractivity contribution in [3.05, 3.63) is 59.7 Å². The lowest BCUT2D eigenvalue weighted by molar-refractivity contribution is 0.0995. The molecule has 0 spiro atoms. The minimum Gasteiger partial charge on any atom is -0.385 e. The first kappa shape index (κ1) is 15.9. The molecule has 3 rings (SSSR count). The lowest BCUT2D eigenvalue weighted by Gasteiger charge is -2.18. The number of nitrogen functional groups attached to an aromatic ring is 1. The van der Waals surface area contributed by atoms with E-state index < -0.39 is 0 Å². The topological polar surface area (TPSA) is 83.6 Å². The lowest BCUT2D eigenvalue weighted by Crippen LogP contribution is -2.11. The summed E-state index contributed by atoms with van der Waals surface area (Å²) in [4.78, 5) is 15.2. The highest BCUT2D eigenvalue weighted by Gasteiger charge is 2.14. The van der Waals surface area contributed by atoms with Crippen LogP contribution >= 0.6 is 0 Å². The molecule has 1 heterocycles. The van der Waals surface area contributed by atoms with Gasteiger partial charge in [-0.2, -0.15) is 0 Å². The molecule has 0 aliphatic rings. The van der Waals surface area contributed by atoms with Crippen molar-refractivity contribution < 1.29 is 4.79 Å². The molecule has 122 valence electrons.